The van der Waals surface area contributed by atoms with Crippen molar-refractivity contribution in [2.45, 2.75) is 6.42 Å². The number of pyridine rings is 1. The lowest BCUT2D eigenvalue weighted by atomic mass is 10.2. The first-order valence-electron chi connectivity index (χ1n) is 6.05. The van der Waals surface area contributed by atoms with Crippen molar-refractivity contribution in [2.24, 2.45) is 0 Å². The summed E-state index contributed by atoms with van der Waals surface area (Å²) in [4.78, 5) is 20.3. The Balaban J connectivity index is 1.73. The van der Waals surface area contributed by atoms with Gasteiger partial charge in [0.15, 0.2) is 5.13 Å². The van der Waals surface area contributed by atoms with E-state index in [0.29, 0.717) is 16.5 Å². The second kappa shape index (κ2) is 5.26. The number of thiazole rings is 1. The molecule has 0 aliphatic rings. The molecule has 1 aromatic carbocycles. The summed E-state index contributed by atoms with van der Waals surface area (Å²) < 4.78 is 0. The lowest BCUT2D eigenvalue weighted by Crippen LogP contribution is -2.14. The van der Waals surface area contributed by atoms with Gasteiger partial charge in [-0.1, -0.05) is 18.2 Å². The quantitative estimate of drug-likeness (QED) is 0.774. The summed E-state index contributed by atoms with van der Waals surface area (Å²) in [5.74, 6) is -0.132. The van der Waals surface area contributed by atoms with Gasteiger partial charge in [0.25, 0.3) is 0 Å². The Labute approximate surface area is 119 Å². The number of aromatic nitrogens is 2. The average molecular weight is 284 g/mol. The van der Waals surface area contributed by atoms with Gasteiger partial charge in [0.1, 0.15) is 0 Å². The van der Waals surface area contributed by atoms with Crippen LogP contribution in [-0.2, 0) is 11.2 Å². The summed E-state index contributed by atoms with van der Waals surface area (Å²) in [6.07, 6.45) is 1.86. The number of benzene rings is 1. The Kier molecular flexibility index (Phi) is 3.30. The fraction of sp³-hybridized carbons (Fsp3) is 0.0714. The molecule has 0 saturated heterocycles. The fourth-order valence-corrected chi connectivity index (χ4v) is 2.48. The Hall–Kier alpha value is -2.47. The summed E-state index contributed by atoms with van der Waals surface area (Å²) >= 11 is 1.33. The molecule has 0 aliphatic carbocycles. The van der Waals surface area contributed by atoms with Gasteiger partial charge < -0.3 is 11.1 Å². The zero-order chi connectivity index (χ0) is 13.9. The van der Waals surface area contributed by atoms with E-state index in [1.54, 1.807) is 11.6 Å². The molecule has 0 aliphatic heterocycles. The number of para-hydroxylation sites is 1. The zero-order valence-corrected chi connectivity index (χ0v) is 11.4. The molecule has 0 bridgehead atoms. The predicted molar refractivity (Wildman–Crippen MR) is 80.6 cm³/mol. The van der Waals surface area contributed by atoms with Crippen molar-refractivity contribution < 1.29 is 4.79 Å². The normalized spacial score (nSPS) is 10.6. The van der Waals surface area contributed by atoms with Crippen LogP contribution in [0.1, 0.15) is 5.69 Å². The minimum absolute atomic E-state index is 0.132. The molecule has 0 radical (unpaired) electrons. The standard InChI is InChI=1S/C14H12N4OS/c15-14-18-11(8-20-14)6-13(19)17-10-5-9-3-1-2-4-12(9)16-7-10/h1-5,7-8H,6H2,(H2,15,18)(H,17,19). The third-order valence-corrected chi connectivity index (χ3v) is 3.51. The van der Waals surface area contributed by atoms with E-state index in [1.165, 1.54) is 11.3 Å². The van der Waals surface area contributed by atoms with Crippen LogP contribution < -0.4 is 11.1 Å². The van der Waals surface area contributed by atoms with E-state index in [0.717, 1.165) is 10.9 Å². The first kappa shape index (κ1) is 12.6. The van der Waals surface area contributed by atoms with Crippen molar-refractivity contribution in [2.75, 3.05) is 11.1 Å². The molecule has 0 saturated carbocycles. The molecule has 0 unspecified atom stereocenters. The molecule has 2 aromatic heterocycles. The van der Waals surface area contributed by atoms with Gasteiger partial charge in [-0.2, -0.15) is 0 Å². The van der Waals surface area contributed by atoms with Crippen LogP contribution in [0.15, 0.2) is 41.9 Å². The number of amides is 1. The summed E-state index contributed by atoms with van der Waals surface area (Å²) in [7, 11) is 0. The van der Waals surface area contributed by atoms with Crippen LogP contribution >= 0.6 is 11.3 Å². The van der Waals surface area contributed by atoms with Gasteiger partial charge in [-0.05, 0) is 12.1 Å². The van der Waals surface area contributed by atoms with Gasteiger partial charge in [-0.15, -0.1) is 11.3 Å². The molecule has 1 amide bonds. The maximum atomic E-state index is 11.9. The number of fused-ring (bicyclic) bond motifs is 1. The number of anilines is 2. The van der Waals surface area contributed by atoms with E-state index in [4.69, 9.17) is 5.73 Å². The molecule has 100 valence electrons. The van der Waals surface area contributed by atoms with Crippen molar-refractivity contribution in [1.29, 1.82) is 0 Å². The molecule has 5 nitrogen and oxygen atoms in total. The molecule has 0 atom stereocenters. The number of nitrogen functional groups attached to an aromatic ring is 1. The van der Waals surface area contributed by atoms with Crippen LogP contribution in [0.2, 0.25) is 0 Å². The van der Waals surface area contributed by atoms with Crippen molar-refractivity contribution in [3.63, 3.8) is 0 Å². The van der Waals surface area contributed by atoms with Crippen LogP contribution in [0.4, 0.5) is 10.8 Å². The van der Waals surface area contributed by atoms with Crippen LogP contribution in [0.3, 0.4) is 0 Å². The highest BCUT2D eigenvalue weighted by atomic mass is 32.1. The minimum Gasteiger partial charge on any atom is -0.375 e. The van der Waals surface area contributed by atoms with Gasteiger partial charge in [0.2, 0.25) is 5.91 Å². The molecule has 3 rings (SSSR count). The Morgan fingerprint density at radius 3 is 3.00 bits per heavy atom. The zero-order valence-electron chi connectivity index (χ0n) is 10.5. The first-order valence-corrected chi connectivity index (χ1v) is 6.93. The molecule has 0 fully saturated rings. The van der Waals surface area contributed by atoms with Crippen LogP contribution in [-0.4, -0.2) is 15.9 Å². The molecule has 6 heteroatoms. The Bertz CT molecular complexity index is 768. The molecule has 2 heterocycles. The molecule has 3 aromatic rings. The van der Waals surface area contributed by atoms with Crippen LogP contribution in [0.25, 0.3) is 10.9 Å². The minimum atomic E-state index is -0.132. The van der Waals surface area contributed by atoms with E-state index >= 15 is 0 Å². The van der Waals surface area contributed by atoms with Crippen molar-refractivity contribution in [3.8, 4) is 0 Å². The molecule has 3 N–H and O–H groups in total. The third kappa shape index (κ3) is 2.75. The number of nitrogens with zero attached hydrogens (tertiary/aromatic N) is 2. The van der Waals surface area contributed by atoms with Gasteiger partial charge in [0.05, 0.1) is 29.5 Å². The van der Waals surface area contributed by atoms with Crippen molar-refractivity contribution in [3.05, 3.63) is 47.6 Å². The van der Waals surface area contributed by atoms with E-state index in [9.17, 15) is 4.79 Å². The largest absolute Gasteiger partial charge is 0.375 e. The van der Waals surface area contributed by atoms with Crippen LogP contribution in [0.5, 0.6) is 0 Å². The lowest BCUT2D eigenvalue weighted by molar-refractivity contribution is -0.115. The van der Waals surface area contributed by atoms with Gasteiger partial charge in [-0.3, -0.25) is 9.78 Å². The summed E-state index contributed by atoms with van der Waals surface area (Å²) in [5, 5.41) is 6.06. The topological polar surface area (TPSA) is 80.9 Å². The highest BCUT2D eigenvalue weighted by Crippen LogP contribution is 2.17. The number of rotatable bonds is 3. The van der Waals surface area contributed by atoms with E-state index < -0.39 is 0 Å². The predicted octanol–water partition coefficient (Wildman–Crippen LogP) is 2.45. The summed E-state index contributed by atoms with van der Waals surface area (Å²) in [6, 6.07) is 9.65. The maximum Gasteiger partial charge on any atom is 0.230 e. The number of nitrogens with one attached hydrogen (secondary N) is 1. The molecule has 0 spiro atoms. The van der Waals surface area contributed by atoms with Gasteiger partial charge in [0, 0.05) is 10.8 Å². The SMILES string of the molecule is Nc1nc(CC(=O)Nc2cnc3ccccc3c2)cs1. The molecular formula is C14H12N4OS. The Morgan fingerprint density at radius 1 is 1.35 bits per heavy atom. The highest BCUT2D eigenvalue weighted by Gasteiger charge is 2.07. The number of hydrogen-bond acceptors (Lipinski definition) is 5. The average Bonchev–Trinajstić information content (AvgIpc) is 2.83. The van der Waals surface area contributed by atoms with Crippen molar-refractivity contribution >= 4 is 39.0 Å². The van der Waals surface area contributed by atoms with E-state index in [-0.39, 0.29) is 12.3 Å². The van der Waals surface area contributed by atoms with E-state index in [2.05, 4.69) is 15.3 Å². The highest BCUT2D eigenvalue weighted by molar-refractivity contribution is 7.13. The summed E-state index contributed by atoms with van der Waals surface area (Å²) in [5.41, 5.74) is 7.79. The molecular weight excluding hydrogens is 272 g/mol. The lowest BCUT2D eigenvalue weighted by Gasteiger charge is -2.05. The number of nitrogens with two attached hydrogens (primary N) is 1. The van der Waals surface area contributed by atoms with E-state index in [1.807, 2.05) is 30.3 Å². The maximum absolute atomic E-state index is 11.9. The van der Waals surface area contributed by atoms with Crippen molar-refractivity contribution in [1.82, 2.24) is 9.97 Å². The Morgan fingerprint density at radius 2 is 2.20 bits per heavy atom. The summed E-state index contributed by atoms with van der Waals surface area (Å²) in [6.45, 7) is 0. The second-order valence-corrected chi connectivity index (χ2v) is 5.21. The van der Waals surface area contributed by atoms with Crippen LogP contribution in [0, 0.1) is 0 Å². The fourth-order valence-electron chi connectivity index (χ4n) is 1.91. The number of hydrogen-bond donors (Lipinski definition) is 2. The monoisotopic (exact) mass is 284 g/mol. The third-order valence-electron chi connectivity index (χ3n) is 2.79. The smallest absolute Gasteiger partial charge is 0.230 e. The number of carbonyl (C=O) groups is 1. The van der Waals surface area contributed by atoms with Gasteiger partial charge in [-0.25, -0.2) is 4.98 Å². The molecule has 20 heavy (non-hydrogen) atoms. The van der Waals surface area contributed by atoms with Gasteiger partial charge >= 0.3 is 0 Å². The second-order valence-electron chi connectivity index (χ2n) is 4.32. The number of carbonyl (C=O) groups excluding carboxylic acids is 1. The first-order chi connectivity index (χ1) is 9.70.